The number of hydrogen-bond acceptors (Lipinski definition) is 4. The maximum absolute atomic E-state index is 12.8. The molecule has 0 fully saturated rings. The third kappa shape index (κ3) is 8.44. The second kappa shape index (κ2) is 12.5. The Balaban J connectivity index is 0.00000420. The van der Waals surface area contributed by atoms with Gasteiger partial charge in [-0.05, 0) is 23.8 Å². The van der Waals surface area contributed by atoms with E-state index in [1.807, 2.05) is 6.07 Å². The van der Waals surface area contributed by atoms with E-state index in [-0.39, 0.29) is 30.5 Å². The predicted octanol–water partition coefficient (Wildman–Crippen LogP) is 3.61. The van der Waals surface area contributed by atoms with Gasteiger partial charge in [0.2, 0.25) is 5.88 Å². The quantitative estimate of drug-likeness (QED) is 0.239. The van der Waals surface area contributed by atoms with Crippen LogP contribution in [-0.4, -0.2) is 38.3 Å². The molecule has 0 radical (unpaired) electrons. The lowest BCUT2D eigenvalue weighted by molar-refractivity contribution is -0.137. The highest BCUT2D eigenvalue weighted by Gasteiger charge is 2.30. The number of hydrogen-bond donors (Lipinski definition) is 2. The molecule has 6 nitrogen and oxygen atoms in total. The van der Waals surface area contributed by atoms with Crippen LogP contribution in [0, 0.1) is 0 Å². The lowest BCUT2D eigenvalue weighted by Crippen LogP contribution is -2.36. The molecule has 2 rings (SSSR count). The van der Waals surface area contributed by atoms with E-state index in [0.717, 1.165) is 17.7 Å². The Labute approximate surface area is 184 Å². The summed E-state index contributed by atoms with van der Waals surface area (Å²) in [6.07, 6.45) is -2.73. The number of aliphatic imine (C=N–C) groups is 1. The molecule has 0 atom stereocenters. The second-order valence-corrected chi connectivity index (χ2v) is 5.79. The van der Waals surface area contributed by atoms with Crippen LogP contribution in [0.15, 0.2) is 47.6 Å². The van der Waals surface area contributed by atoms with Crippen molar-refractivity contribution in [3.05, 3.63) is 59.3 Å². The fourth-order valence-electron chi connectivity index (χ4n) is 2.35. The van der Waals surface area contributed by atoms with Crippen molar-refractivity contribution in [2.75, 3.05) is 27.4 Å². The number of guanidine groups is 1. The monoisotopic (exact) mass is 524 g/mol. The van der Waals surface area contributed by atoms with E-state index in [1.165, 1.54) is 6.07 Å². The normalized spacial score (nSPS) is 11.6. The smallest absolute Gasteiger partial charge is 0.416 e. The first-order chi connectivity index (χ1) is 13.4. The molecule has 0 aliphatic heterocycles. The SMILES string of the molecule is CN=C(NCc1cccc(C(F)(F)F)c1)NCc1cccnc1OCCOC.I. The molecule has 0 unspecified atom stereocenters. The zero-order valence-corrected chi connectivity index (χ0v) is 18.5. The molecule has 0 aliphatic rings. The number of ether oxygens (including phenoxy) is 2. The Bertz CT molecular complexity index is 788. The Hall–Kier alpha value is -2.08. The molecular formula is C19H24F3IN4O2. The van der Waals surface area contributed by atoms with Gasteiger partial charge in [-0.25, -0.2) is 4.98 Å². The number of rotatable bonds is 8. The molecule has 1 aromatic carbocycles. The molecule has 0 saturated carbocycles. The van der Waals surface area contributed by atoms with Crippen LogP contribution in [0.1, 0.15) is 16.7 Å². The molecule has 0 amide bonds. The van der Waals surface area contributed by atoms with Gasteiger partial charge in [-0.3, -0.25) is 4.99 Å². The average Bonchev–Trinajstić information content (AvgIpc) is 2.69. The van der Waals surface area contributed by atoms with Crippen LogP contribution in [0.5, 0.6) is 5.88 Å². The van der Waals surface area contributed by atoms with Gasteiger partial charge in [-0.2, -0.15) is 13.2 Å². The van der Waals surface area contributed by atoms with Crippen LogP contribution in [-0.2, 0) is 24.0 Å². The topological polar surface area (TPSA) is 67.8 Å². The standard InChI is InChI=1S/C19H23F3N4O2.HI/c1-23-18(25-12-14-5-3-7-16(11-14)19(20,21)22)26-13-15-6-4-8-24-17(15)28-10-9-27-2;/h3-8,11H,9-10,12-13H2,1-2H3,(H2,23,25,26);1H. The summed E-state index contributed by atoms with van der Waals surface area (Å²) in [5.41, 5.74) is 0.645. The van der Waals surface area contributed by atoms with Gasteiger partial charge in [0.15, 0.2) is 5.96 Å². The van der Waals surface area contributed by atoms with Crippen LogP contribution in [0.4, 0.5) is 13.2 Å². The highest BCUT2D eigenvalue weighted by Crippen LogP contribution is 2.29. The first kappa shape index (κ1) is 25.0. The van der Waals surface area contributed by atoms with Crippen LogP contribution >= 0.6 is 24.0 Å². The molecule has 1 aromatic heterocycles. The van der Waals surface area contributed by atoms with Crippen molar-refractivity contribution in [3.63, 3.8) is 0 Å². The van der Waals surface area contributed by atoms with Gasteiger partial charge >= 0.3 is 6.18 Å². The van der Waals surface area contributed by atoms with E-state index in [4.69, 9.17) is 9.47 Å². The van der Waals surface area contributed by atoms with Crippen molar-refractivity contribution >= 4 is 29.9 Å². The van der Waals surface area contributed by atoms with Gasteiger partial charge < -0.3 is 20.1 Å². The van der Waals surface area contributed by atoms with Crippen molar-refractivity contribution in [2.24, 2.45) is 4.99 Å². The van der Waals surface area contributed by atoms with Gasteiger partial charge in [-0.15, -0.1) is 24.0 Å². The minimum Gasteiger partial charge on any atom is -0.475 e. The molecule has 2 N–H and O–H groups in total. The van der Waals surface area contributed by atoms with Gasteiger partial charge in [-0.1, -0.05) is 18.2 Å². The molecule has 0 bridgehead atoms. The number of benzene rings is 1. The fraction of sp³-hybridized carbons (Fsp3) is 0.368. The molecule has 0 saturated heterocycles. The van der Waals surface area contributed by atoms with Crippen LogP contribution in [0.25, 0.3) is 0 Å². The van der Waals surface area contributed by atoms with E-state index in [0.29, 0.717) is 37.2 Å². The van der Waals surface area contributed by atoms with Gasteiger partial charge in [0.25, 0.3) is 0 Å². The molecule has 160 valence electrons. The average molecular weight is 524 g/mol. The van der Waals surface area contributed by atoms with E-state index in [1.54, 1.807) is 32.5 Å². The molecular weight excluding hydrogens is 500 g/mol. The lowest BCUT2D eigenvalue weighted by Gasteiger charge is -2.14. The van der Waals surface area contributed by atoms with E-state index < -0.39 is 11.7 Å². The number of methoxy groups -OCH3 is 1. The lowest BCUT2D eigenvalue weighted by atomic mass is 10.1. The molecule has 29 heavy (non-hydrogen) atoms. The number of aromatic nitrogens is 1. The number of alkyl halides is 3. The van der Waals surface area contributed by atoms with Crippen molar-refractivity contribution in [1.82, 2.24) is 15.6 Å². The zero-order valence-electron chi connectivity index (χ0n) is 16.1. The predicted molar refractivity (Wildman–Crippen MR) is 116 cm³/mol. The zero-order chi connectivity index (χ0) is 20.4. The largest absolute Gasteiger partial charge is 0.475 e. The third-order valence-electron chi connectivity index (χ3n) is 3.76. The number of pyridine rings is 1. The summed E-state index contributed by atoms with van der Waals surface area (Å²) >= 11 is 0. The molecule has 10 heteroatoms. The van der Waals surface area contributed by atoms with Crippen molar-refractivity contribution < 1.29 is 22.6 Å². The number of nitrogens with one attached hydrogen (secondary N) is 2. The minimum absolute atomic E-state index is 0. The van der Waals surface area contributed by atoms with Gasteiger partial charge in [0, 0.05) is 39.0 Å². The highest BCUT2D eigenvalue weighted by atomic mass is 127. The summed E-state index contributed by atoms with van der Waals surface area (Å²) < 4.78 is 49.0. The van der Waals surface area contributed by atoms with Crippen LogP contribution in [0.2, 0.25) is 0 Å². The summed E-state index contributed by atoms with van der Waals surface area (Å²) in [5, 5.41) is 6.09. The summed E-state index contributed by atoms with van der Waals surface area (Å²) in [4.78, 5) is 8.28. The Morgan fingerprint density at radius 2 is 1.86 bits per heavy atom. The second-order valence-electron chi connectivity index (χ2n) is 5.79. The van der Waals surface area contributed by atoms with E-state index >= 15 is 0 Å². The maximum atomic E-state index is 12.8. The Morgan fingerprint density at radius 1 is 1.10 bits per heavy atom. The van der Waals surface area contributed by atoms with Crippen molar-refractivity contribution in [1.29, 1.82) is 0 Å². The first-order valence-electron chi connectivity index (χ1n) is 8.60. The molecule has 0 spiro atoms. The minimum atomic E-state index is -4.37. The Kier molecular flexibility index (Phi) is 10.7. The van der Waals surface area contributed by atoms with Gasteiger partial charge in [0.1, 0.15) is 6.61 Å². The van der Waals surface area contributed by atoms with Crippen LogP contribution in [0.3, 0.4) is 0 Å². The summed E-state index contributed by atoms with van der Waals surface area (Å²) in [7, 11) is 3.17. The molecule has 1 heterocycles. The number of halogens is 4. The molecule has 0 aliphatic carbocycles. The summed E-state index contributed by atoms with van der Waals surface area (Å²) in [5.74, 6) is 0.935. The highest BCUT2D eigenvalue weighted by molar-refractivity contribution is 14.0. The molecule has 2 aromatic rings. The van der Waals surface area contributed by atoms with E-state index in [9.17, 15) is 13.2 Å². The summed E-state index contributed by atoms with van der Waals surface area (Å²) in [6.45, 7) is 1.42. The first-order valence-corrected chi connectivity index (χ1v) is 8.60. The van der Waals surface area contributed by atoms with Crippen molar-refractivity contribution in [3.8, 4) is 5.88 Å². The fourth-order valence-corrected chi connectivity index (χ4v) is 2.35. The Morgan fingerprint density at radius 3 is 2.55 bits per heavy atom. The summed E-state index contributed by atoms with van der Waals surface area (Å²) in [6, 6.07) is 8.82. The maximum Gasteiger partial charge on any atom is 0.416 e. The van der Waals surface area contributed by atoms with Crippen molar-refractivity contribution in [2.45, 2.75) is 19.3 Å². The third-order valence-corrected chi connectivity index (χ3v) is 3.76. The van der Waals surface area contributed by atoms with Gasteiger partial charge in [0.05, 0.1) is 12.2 Å². The number of nitrogens with zero attached hydrogens (tertiary/aromatic N) is 2. The van der Waals surface area contributed by atoms with E-state index in [2.05, 4.69) is 20.6 Å². The van der Waals surface area contributed by atoms with Crippen LogP contribution < -0.4 is 15.4 Å².